The van der Waals surface area contributed by atoms with Gasteiger partial charge in [0.05, 0.1) is 17.2 Å². The van der Waals surface area contributed by atoms with E-state index in [9.17, 15) is 4.79 Å². The molecule has 0 saturated carbocycles. The Bertz CT molecular complexity index is 986. The number of hydrogen-bond acceptors (Lipinski definition) is 2. The van der Waals surface area contributed by atoms with E-state index in [4.69, 9.17) is 0 Å². The molecule has 1 N–H and O–H groups in total. The molecule has 2 aromatic rings. The quantitative estimate of drug-likeness (QED) is 0.725. The number of carbonyl (C=O) groups is 1. The van der Waals surface area contributed by atoms with Crippen LogP contribution in [0.25, 0.3) is 0 Å². The first kappa shape index (κ1) is 20.7. The molecule has 0 fully saturated rings. The summed E-state index contributed by atoms with van der Waals surface area (Å²) < 4.78 is 1.73. The fourth-order valence-corrected chi connectivity index (χ4v) is 3.88. The first-order valence-electron chi connectivity index (χ1n) is 10.2. The zero-order chi connectivity index (χ0) is 20.9. The number of rotatable bonds is 5. The summed E-state index contributed by atoms with van der Waals surface area (Å²) in [5.41, 5.74) is 3.13. The zero-order valence-electron chi connectivity index (χ0n) is 17.7. The van der Waals surface area contributed by atoms with Crippen LogP contribution < -0.4 is 5.32 Å². The Kier molecular flexibility index (Phi) is 6.39. The second-order valence-corrected chi connectivity index (χ2v) is 7.93. The van der Waals surface area contributed by atoms with Crippen molar-refractivity contribution < 1.29 is 4.79 Å². The minimum absolute atomic E-state index is 0.00661. The summed E-state index contributed by atoms with van der Waals surface area (Å²) in [5.74, 6) is 6.61. The van der Waals surface area contributed by atoms with Crippen molar-refractivity contribution in [2.75, 3.05) is 5.32 Å². The molecule has 4 heteroatoms. The second-order valence-electron chi connectivity index (χ2n) is 7.93. The Balaban J connectivity index is 2.02. The van der Waals surface area contributed by atoms with E-state index in [2.05, 4.69) is 49.1 Å². The number of nitrogens with zero attached hydrogens (tertiary/aromatic N) is 2. The number of amides is 1. The summed E-state index contributed by atoms with van der Waals surface area (Å²) in [6.45, 7) is 6.39. The van der Waals surface area contributed by atoms with Crippen LogP contribution in [0.5, 0.6) is 0 Å². The van der Waals surface area contributed by atoms with Crippen molar-refractivity contribution in [1.29, 1.82) is 0 Å². The van der Waals surface area contributed by atoms with E-state index in [0.29, 0.717) is 6.42 Å². The molecule has 0 bridgehead atoms. The second kappa shape index (κ2) is 8.96. The molecule has 0 aliphatic heterocycles. The number of hydrogen-bond donors (Lipinski definition) is 1. The van der Waals surface area contributed by atoms with Crippen LogP contribution in [-0.2, 0) is 11.8 Å². The molecule has 1 atom stereocenters. The molecule has 1 heterocycles. The highest BCUT2D eigenvalue weighted by molar-refractivity contribution is 5.99. The highest BCUT2D eigenvalue weighted by Crippen LogP contribution is 2.46. The first-order chi connectivity index (χ1) is 14.0. The molecular weight excluding hydrogens is 358 g/mol. The number of anilines is 1. The molecule has 1 amide bonds. The molecule has 0 spiro atoms. The minimum Gasteiger partial charge on any atom is -0.325 e. The van der Waals surface area contributed by atoms with Crippen LogP contribution >= 0.6 is 0 Å². The molecule has 1 aromatic carbocycles. The van der Waals surface area contributed by atoms with Crippen LogP contribution in [0.3, 0.4) is 0 Å². The molecular formula is C25H29N3O. The first-order valence-corrected chi connectivity index (χ1v) is 10.2. The van der Waals surface area contributed by atoms with Gasteiger partial charge in [-0.3, -0.25) is 9.48 Å². The van der Waals surface area contributed by atoms with Gasteiger partial charge < -0.3 is 5.32 Å². The van der Waals surface area contributed by atoms with Crippen LogP contribution in [0.2, 0.25) is 0 Å². The Morgan fingerprint density at radius 2 is 2.00 bits per heavy atom. The highest BCUT2D eigenvalue weighted by atomic mass is 16.2. The van der Waals surface area contributed by atoms with Crippen LogP contribution in [0, 0.1) is 23.2 Å². The maximum absolute atomic E-state index is 13.6. The van der Waals surface area contributed by atoms with Crippen molar-refractivity contribution in [2.24, 2.45) is 18.4 Å². The van der Waals surface area contributed by atoms with Crippen LogP contribution in [0.4, 0.5) is 5.69 Å². The van der Waals surface area contributed by atoms with E-state index >= 15 is 0 Å². The zero-order valence-corrected chi connectivity index (χ0v) is 17.7. The summed E-state index contributed by atoms with van der Waals surface area (Å²) in [7, 11) is 1.87. The summed E-state index contributed by atoms with van der Waals surface area (Å²) >= 11 is 0. The van der Waals surface area contributed by atoms with Gasteiger partial charge in [0.15, 0.2) is 0 Å². The van der Waals surface area contributed by atoms with Crippen molar-refractivity contribution in [3.05, 3.63) is 71.6 Å². The average Bonchev–Trinajstić information content (AvgIpc) is 3.12. The lowest BCUT2D eigenvalue weighted by Gasteiger charge is -2.39. The summed E-state index contributed by atoms with van der Waals surface area (Å²) in [5, 5.41) is 7.32. The van der Waals surface area contributed by atoms with Crippen molar-refractivity contribution in [1.82, 2.24) is 9.78 Å². The Hall–Kier alpha value is -3.06. The molecule has 150 valence electrons. The SMILES string of the molecule is CCCC1=CC=C(C#Cc2cnn(C)c2)C(C(=O)Nc2ccccc2)(C(C)C)C1. The molecule has 29 heavy (non-hydrogen) atoms. The third-order valence-electron chi connectivity index (χ3n) is 5.51. The third kappa shape index (κ3) is 4.51. The van der Waals surface area contributed by atoms with Gasteiger partial charge in [-0.05, 0) is 37.0 Å². The van der Waals surface area contributed by atoms with Crippen molar-refractivity contribution >= 4 is 11.6 Å². The van der Waals surface area contributed by atoms with Gasteiger partial charge in [-0.25, -0.2) is 0 Å². The number of aryl methyl sites for hydroxylation is 1. The van der Waals surface area contributed by atoms with E-state index in [1.165, 1.54) is 5.57 Å². The lowest BCUT2D eigenvalue weighted by atomic mass is 9.64. The maximum atomic E-state index is 13.6. The number of nitrogens with one attached hydrogen (secondary N) is 1. The fourth-order valence-electron chi connectivity index (χ4n) is 3.88. The van der Waals surface area contributed by atoms with Gasteiger partial charge in [-0.2, -0.15) is 5.10 Å². The van der Waals surface area contributed by atoms with Gasteiger partial charge in [-0.1, -0.05) is 68.9 Å². The Morgan fingerprint density at radius 1 is 1.24 bits per heavy atom. The Labute approximate surface area is 173 Å². The average molecular weight is 388 g/mol. The number of allylic oxidation sites excluding steroid dienone is 3. The van der Waals surface area contributed by atoms with Gasteiger partial charge in [-0.15, -0.1) is 0 Å². The number of carbonyl (C=O) groups excluding carboxylic acids is 1. The van der Waals surface area contributed by atoms with Crippen molar-refractivity contribution in [3.8, 4) is 11.8 Å². The molecule has 1 aliphatic rings. The summed E-state index contributed by atoms with van der Waals surface area (Å²) in [6, 6.07) is 9.64. The van der Waals surface area contributed by atoms with Gasteiger partial charge >= 0.3 is 0 Å². The van der Waals surface area contributed by atoms with E-state index in [1.54, 1.807) is 10.9 Å². The minimum atomic E-state index is -0.690. The van der Waals surface area contributed by atoms with Gasteiger partial charge in [0.25, 0.3) is 0 Å². The Morgan fingerprint density at radius 3 is 2.62 bits per heavy atom. The van der Waals surface area contributed by atoms with E-state index in [0.717, 1.165) is 29.7 Å². The standard InChI is InChI=1S/C25H29N3O/c1-5-9-20-12-14-22(15-13-21-17-26-28(4)18-21)25(16-20,19(2)3)24(29)27-23-10-7-6-8-11-23/h6-8,10-12,14,17-19H,5,9,16H2,1-4H3,(H,27,29). The molecule has 1 aliphatic carbocycles. The van der Waals surface area contributed by atoms with Crippen LogP contribution in [0.15, 0.2) is 66.0 Å². The van der Waals surface area contributed by atoms with E-state index in [1.807, 2.05) is 49.7 Å². The number of para-hydroxylation sites is 1. The van der Waals surface area contributed by atoms with Crippen molar-refractivity contribution in [3.63, 3.8) is 0 Å². The molecule has 4 nitrogen and oxygen atoms in total. The lowest BCUT2D eigenvalue weighted by molar-refractivity contribution is -0.125. The summed E-state index contributed by atoms with van der Waals surface area (Å²) in [6.07, 6.45) is 10.6. The highest BCUT2D eigenvalue weighted by Gasteiger charge is 2.46. The fraction of sp³-hybridized carbons (Fsp3) is 0.360. The molecule has 1 unspecified atom stereocenters. The third-order valence-corrected chi connectivity index (χ3v) is 5.51. The van der Waals surface area contributed by atoms with Crippen molar-refractivity contribution in [2.45, 2.75) is 40.0 Å². The van der Waals surface area contributed by atoms with Gasteiger partial charge in [0.1, 0.15) is 0 Å². The predicted molar refractivity (Wildman–Crippen MR) is 118 cm³/mol. The smallest absolute Gasteiger partial charge is 0.236 e. The van der Waals surface area contributed by atoms with Crippen LogP contribution in [0.1, 0.15) is 45.6 Å². The molecule has 0 saturated heterocycles. The van der Waals surface area contributed by atoms with Crippen LogP contribution in [-0.4, -0.2) is 15.7 Å². The predicted octanol–water partition coefficient (Wildman–Crippen LogP) is 5.11. The molecule has 3 rings (SSSR count). The van der Waals surface area contributed by atoms with E-state index < -0.39 is 5.41 Å². The largest absolute Gasteiger partial charge is 0.325 e. The maximum Gasteiger partial charge on any atom is 0.236 e. The monoisotopic (exact) mass is 387 g/mol. The summed E-state index contributed by atoms with van der Waals surface area (Å²) in [4.78, 5) is 13.6. The molecule has 1 aromatic heterocycles. The number of benzene rings is 1. The lowest BCUT2D eigenvalue weighted by Crippen LogP contribution is -2.43. The topological polar surface area (TPSA) is 46.9 Å². The van der Waals surface area contributed by atoms with Gasteiger partial charge in [0, 0.05) is 24.5 Å². The van der Waals surface area contributed by atoms with E-state index in [-0.39, 0.29) is 11.8 Å². The number of aromatic nitrogens is 2. The van der Waals surface area contributed by atoms with Gasteiger partial charge in [0.2, 0.25) is 5.91 Å². The normalized spacial score (nSPS) is 18.5. The molecule has 0 radical (unpaired) electrons.